The number of ether oxygens (including phenoxy) is 1. The van der Waals surface area contributed by atoms with Crippen LogP contribution in [0.2, 0.25) is 0 Å². The fourth-order valence-corrected chi connectivity index (χ4v) is 1.36. The predicted molar refractivity (Wildman–Crippen MR) is 60.0 cm³/mol. The number of rotatable bonds is 5. The van der Waals surface area contributed by atoms with Crippen molar-refractivity contribution in [1.29, 1.82) is 0 Å². The van der Waals surface area contributed by atoms with Crippen molar-refractivity contribution in [1.82, 2.24) is 5.32 Å². The summed E-state index contributed by atoms with van der Waals surface area (Å²) in [6.07, 6.45) is -4.19. The zero-order chi connectivity index (χ0) is 12.9. The Hall–Kier alpha value is -1.23. The minimum absolute atomic E-state index is 0.00114. The molecule has 1 aromatic carbocycles. The van der Waals surface area contributed by atoms with Gasteiger partial charge >= 0.3 is 6.18 Å². The third-order valence-corrected chi connectivity index (χ3v) is 1.98. The van der Waals surface area contributed by atoms with Crippen LogP contribution in [0.3, 0.4) is 0 Å². The van der Waals surface area contributed by atoms with Crippen molar-refractivity contribution in [2.75, 3.05) is 6.54 Å². The van der Waals surface area contributed by atoms with E-state index < -0.39 is 12.7 Å². The van der Waals surface area contributed by atoms with Gasteiger partial charge < -0.3 is 10.1 Å². The van der Waals surface area contributed by atoms with Crippen molar-refractivity contribution in [3.8, 4) is 5.75 Å². The van der Waals surface area contributed by atoms with E-state index in [1.807, 2.05) is 13.8 Å². The molecule has 0 saturated heterocycles. The van der Waals surface area contributed by atoms with Gasteiger partial charge in [0.2, 0.25) is 0 Å². The van der Waals surface area contributed by atoms with Crippen molar-refractivity contribution < 1.29 is 17.9 Å². The molecule has 0 aliphatic heterocycles. The molecule has 0 atom stereocenters. The van der Waals surface area contributed by atoms with Crippen LogP contribution in [0.1, 0.15) is 19.4 Å². The predicted octanol–water partition coefficient (Wildman–Crippen LogP) is 3.13. The molecule has 1 rings (SSSR count). The van der Waals surface area contributed by atoms with Gasteiger partial charge in [0, 0.05) is 12.1 Å². The molecule has 0 heterocycles. The Labute approximate surface area is 98.8 Å². The van der Waals surface area contributed by atoms with Gasteiger partial charge in [-0.1, -0.05) is 18.2 Å². The SMILES string of the molecule is CC(C)Oc1ccccc1CNCC(F)(F)F. The Morgan fingerprint density at radius 1 is 1.24 bits per heavy atom. The second kappa shape index (κ2) is 5.91. The largest absolute Gasteiger partial charge is 0.491 e. The van der Waals surface area contributed by atoms with Gasteiger partial charge in [-0.3, -0.25) is 0 Å². The molecule has 0 spiro atoms. The molecule has 0 saturated carbocycles. The highest BCUT2D eigenvalue weighted by atomic mass is 19.4. The lowest BCUT2D eigenvalue weighted by Crippen LogP contribution is -2.28. The molecule has 96 valence electrons. The van der Waals surface area contributed by atoms with Crippen LogP contribution in [-0.2, 0) is 6.54 Å². The number of alkyl halides is 3. The van der Waals surface area contributed by atoms with E-state index in [-0.39, 0.29) is 12.6 Å². The molecule has 17 heavy (non-hydrogen) atoms. The summed E-state index contributed by atoms with van der Waals surface area (Å²) in [6.45, 7) is 2.89. The van der Waals surface area contributed by atoms with Crippen LogP contribution in [0, 0.1) is 0 Å². The number of hydrogen-bond acceptors (Lipinski definition) is 2. The number of halogens is 3. The number of hydrogen-bond donors (Lipinski definition) is 1. The van der Waals surface area contributed by atoms with Crippen molar-refractivity contribution in [3.63, 3.8) is 0 Å². The molecule has 0 aliphatic rings. The lowest BCUT2D eigenvalue weighted by molar-refractivity contribution is -0.125. The standard InChI is InChI=1S/C12H16F3NO/c1-9(2)17-11-6-4-3-5-10(11)7-16-8-12(13,14)15/h3-6,9,16H,7-8H2,1-2H3. The molecule has 1 aromatic rings. The average Bonchev–Trinajstić information content (AvgIpc) is 2.18. The molecule has 0 amide bonds. The van der Waals surface area contributed by atoms with Gasteiger partial charge in [0.15, 0.2) is 0 Å². The lowest BCUT2D eigenvalue weighted by Gasteiger charge is -2.15. The summed E-state index contributed by atoms with van der Waals surface area (Å²) in [4.78, 5) is 0. The smallest absolute Gasteiger partial charge is 0.401 e. The van der Waals surface area contributed by atoms with Crippen molar-refractivity contribution in [2.24, 2.45) is 0 Å². The summed E-state index contributed by atoms with van der Waals surface area (Å²) in [5, 5.41) is 2.35. The topological polar surface area (TPSA) is 21.3 Å². The summed E-state index contributed by atoms with van der Waals surface area (Å²) in [5.41, 5.74) is 0.727. The number of benzene rings is 1. The van der Waals surface area contributed by atoms with Crippen molar-refractivity contribution in [2.45, 2.75) is 32.7 Å². The van der Waals surface area contributed by atoms with Crippen LogP contribution < -0.4 is 10.1 Å². The molecular weight excluding hydrogens is 231 g/mol. The van der Waals surface area contributed by atoms with Gasteiger partial charge in [-0.2, -0.15) is 13.2 Å². The highest BCUT2D eigenvalue weighted by Gasteiger charge is 2.26. The molecule has 0 aliphatic carbocycles. The van der Waals surface area contributed by atoms with Crippen LogP contribution >= 0.6 is 0 Å². The first kappa shape index (κ1) is 13.8. The third kappa shape index (κ3) is 5.58. The highest BCUT2D eigenvalue weighted by molar-refractivity contribution is 5.33. The molecule has 0 aromatic heterocycles. The maximum atomic E-state index is 12.0. The van der Waals surface area contributed by atoms with Gasteiger partial charge in [-0.05, 0) is 19.9 Å². The van der Waals surface area contributed by atoms with Crippen molar-refractivity contribution >= 4 is 0 Å². The van der Waals surface area contributed by atoms with Crippen LogP contribution in [0.5, 0.6) is 5.75 Å². The summed E-state index contributed by atoms with van der Waals surface area (Å²) >= 11 is 0. The summed E-state index contributed by atoms with van der Waals surface area (Å²) < 4.78 is 41.4. The average molecular weight is 247 g/mol. The van der Waals surface area contributed by atoms with E-state index in [0.717, 1.165) is 5.56 Å². The van der Waals surface area contributed by atoms with Gasteiger partial charge in [-0.15, -0.1) is 0 Å². The second-order valence-electron chi connectivity index (χ2n) is 3.99. The van der Waals surface area contributed by atoms with Crippen LogP contribution in [0.25, 0.3) is 0 Å². The Kier molecular flexibility index (Phi) is 4.81. The van der Waals surface area contributed by atoms with Crippen LogP contribution in [-0.4, -0.2) is 18.8 Å². The van der Waals surface area contributed by atoms with Crippen LogP contribution in [0.15, 0.2) is 24.3 Å². The van der Waals surface area contributed by atoms with E-state index in [4.69, 9.17) is 4.74 Å². The third-order valence-electron chi connectivity index (χ3n) is 1.98. The monoisotopic (exact) mass is 247 g/mol. The van der Waals surface area contributed by atoms with E-state index in [1.165, 1.54) is 0 Å². The minimum Gasteiger partial charge on any atom is -0.491 e. The fourth-order valence-electron chi connectivity index (χ4n) is 1.36. The Bertz CT molecular complexity index is 350. The number of nitrogens with one attached hydrogen (secondary N) is 1. The van der Waals surface area contributed by atoms with Gasteiger partial charge in [0.05, 0.1) is 12.6 Å². The van der Waals surface area contributed by atoms with Gasteiger partial charge in [-0.25, -0.2) is 0 Å². The zero-order valence-electron chi connectivity index (χ0n) is 9.84. The Balaban J connectivity index is 2.58. The summed E-state index contributed by atoms with van der Waals surface area (Å²) in [6, 6.07) is 7.08. The zero-order valence-corrected chi connectivity index (χ0v) is 9.84. The molecule has 0 radical (unpaired) electrons. The van der Waals surface area contributed by atoms with E-state index >= 15 is 0 Å². The lowest BCUT2D eigenvalue weighted by atomic mass is 10.2. The quantitative estimate of drug-likeness (QED) is 0.863. The van der Waals surface area contributed by atoms with E-state index in [2.05, 4.69) is 5.32 Å². The Morgan fingerprint density at radius 2 is 1.88 bits per heavy atom. The maximum absolute atomic E-state index is 12.0. The molecule has 5 heteroatoms. The molecule has 0 bridgehead atoms. The minimum atomic E-state index is -4.19. The molecular formula is C12H16F3NO. The number of para-hydroxylation sites is 1. The second-order valence-corrected chi connectivity index (χ2v) is 3.99. The van der Waals surface area contributed by atoms with Gasteiger partial charge in [0.25, 0.3) is 0 Å². The van der Waals surface area contributed by atoms with E-state index in [1.54, 1.807) is 24.3 Å². The normalized spacial score (nSPS) is 11.9. The highest BCUT2D eigenvalue weighted by Crippen LogP contribution is 2.19. The molecule has 0 fully saturated rings. The van der Waals surface area contributed by atoms with E-state index in [9.17, 15) is 13.2 Å². The molecule has 0 unspecified atom stereocenters. The maximum Gasteiger partial charge on any atom is 0.401 e. The molecule has 1 N–H and O–H groups in total. The van der Waals surface area contributed by atoms with E-state index in [0.29, 0.717) is 5.75 Å². The first-order valence-corrected chi connectivity index (χ1v) is 5.40. The Morgan fingerprint density at radius 3 is 2.47 bits per heavy atom. The van der Waals surface area contributed by atoms with Crippen LogP contribution in [0.4, 0.5) is 13.2 Å². The van der Waals surface area contributed by atoms with Crippen molar-refractivity contribution in [3.05, 3.63) is 29.8 Å². The van der Waals surface area contributed by atoms with Gasteiger partial charge in [0.1, 0.15) is 5.75 Å². The first-order valence-electron chi connectivity index (χ1n) is 5.40. The summed E-state index contributed by atoms with van der Waals surface area (Å²) in [7, 11) is 0. The first-order chi connectivity index (χ1) is 7.88. The summed E-state index contributed by atoms with van der Waals surface area (Å²) in [5.74, 6) is 0.622. The molecule has 2 nitrogen and oxygen atoms in total. The fraction of sp³-hybridized carbons (Fsp3) is 0.500.